The van der Waals surface area contributed by atoms with Crippen molar-refractivity contribution in [2.45, 2.75) is 33.1 Å². The predicted molar refractivity (Wildman–Crippen MR) is 133 cm³/mol. The Hall–Kier alpha value is -3.32. The van der Waals surface area contributed by atoms with E-state index in [0.717, 1.165) is 0 Å². The molecule has 4 aromatic carbocycles. The second-order valence-electron chi connectivity index (χ2n) is 9.56. The van der Waals surface area contributed by atoms with Crippen LogP contribution in [-0.2, 0) is 12.5 Å². The second kappa shape index (κ2) is 6.11. The number of aryl methyl sites for hydroxylation is 3. The van der Waals surface area contributed by atoms with Gasteiger partial charge in [0.05, 0.1) is 5.52 Å². The van der Waals surface area contributed by atoms with Gasteiger partial charge in [0.15, 0.2) is 0 Å². The highest BCUT2D eigenvalue weighted by molar-refractivity contribution is 6.15. The minimum atomic E-state index is -0.0116. The molecule has 1 aliphatic rings. The number of benzene rings is 4. The molecule has 0 fully saturated rings. The molecule has 0 N–H and O–H groups in total. The van der Waals surface area contributed by atoms with Gasteiger partial charge in [0.2, 0.25) is 0 Å². The maximum Gasteiger partial charge on any atom is 0.0524 e. The van der Waals surface area contributed by atoms with Gasteiger partial charge in [-0.15, -0.1) is 0 Å². The van der Waals surface area contributed by atoms with E-state index in [1.165, 1.54) is 66.3 Å². The number of hydrogen-bond acceptors (Lipinski definition) is 0. The van der Waals surface area contributed by atoms with Gasteiger partial charge in [-0.05, 0) is 64.4 Å². The van der Waals surface area contributed by atoms with E-state index in [4.69, 9.17) is 0 Å². The van der Waals surface area contributed by atoms with Crippen molar-refractivity contribution in [3.63, 3.8) is 0 Å². The van der Waals surface area contributed by atoms with Crippen LogP contribution in [0.2, 0.25) is 0 Å². The molecule has 0 amide bonds. The van der Waals surface area contributed by atoms with Crippen LogP contribution in [0.3, 0.4) is 0 Å². The summed E-state index contributed by atoms with van der Waals surface area (Å²) in [7, 11) is 2.22. The lowest BCUT2D eigenvalue weighted by molar-refractivity contribution is 0.666. The Morgan fingerprint density at radius 2 is 1.35 bits per heavy atom. The summed E-state index contributed by atoms with van der Waals surface area (Å²) in [6.45, 7) is 9.24. The quantitative estimate of drug-likeness (QED) is 0.269. The number of aromatic nitrogens is 1. The van der Waals surface area contributed by atoms with Crippen LogP contribution in [0.25, 0.3) is 44.1 Å². The van der Waals surface area contributed by atoms with Gasteiger partial charge in [0, 0.05) is 28.8 Å². The van der Waals surface area contributed by atoms with E-state index < -0.39 is 0 Å². The monoisotopic (exact) mass is 401 g/mol. The van der Waals surface area contributed by atoms with Crippen molar-refractivity contribution in [3.05, 3.63) is 95.1 Å². The van der Waals surface area contributed by atoms with E-state index in [1.807, 2.05) is 0 Å². The summed E-state index contributed by atoms with van der Waals surface area (Å²) in [4.78, 5) is 0. The largest absolute Gasteiger partial charge is 0.343 e. The van der Waals surface area contributed by atoms with Crippen molar-refractivity contribution in [1.29, 1.82) is 0 Å². The molecule has 0 saturated heterocycles. The predicted octanol–water partition coefficient (Wildman–Crippen LogP) is 7.92. The minimum Gasteiger partial charge on any atom is -0.343 e. The van der Waals surface area contributed by atoms with Gasteiger partial charge in [-0.25, -0.2) is 0 Å². The van der Waals surface area contributed by atoms with E-state index in [0.29, 0.717) is 0 Å². The second-order valence-corrected chi connectivity index (χ2v) is 9.56. The van der Waals surface area contributed by atoms with Crippen molar-refractivity contribution in [2.75, 3.05) is 0 Å². The number of fused-ring (bicyclic) bond motifs is 7. The molecule has 5 aromatic rings. The van der Waals surface area contributed by atoms with Gasteiger partial charge in [-0.2, -0.15) is 0 Å². The molecule has 0 aliphatic heterocycles. The van der Waals surface area contributed by atoms with Crippen LogP contribution in [0.4, 0.5) is 0 Å². The van der Waals surface area contributed by atoms with E-state index >= 15 is 0 Å². The van der Waals surface area contributed by atoms with Gasteiger partial charge >= 0.3 is 0 Å². The normalized spacial score (nSPS) is 14.2. The first-order valence-electron chi connectivity index (χ1n) is 11.1. The van der Waals surface area contributed by atoms with E-state index in [2.05, 4.69) is 112 Å². The molecule has 152 valence electrons. The molecule has 1 heteroatoms. The highest BCUT2D eigenvalue weighted by Gasteiger charge is 2.37. The van der Waals surface area contributed by atoms with Crippen LogP contribution in [0.5, 0.6) is 0 Å². The van der Waals surface area contributed by atoms with Gasteiger partial charge in [-0.1, -0.05) is 80.6 Å². The molecule has 0 saturated carbocycles. The summed E-state index contributed by atoms with van der Waals surface area (Å²) in [5.41, 5.74) is 13.7. The topological polar surface area (TPSA) is 4.93 Å². The zero-order valence-electron chi connectivity index (χ0n) is 18.9. The molecule has 0 spiro atoms. The van der Waals surface area contributed by atoms with Crippen LogP contribution in [-0.4, -0.2) is 4.57 Å². The third-order valence-corrected chi connectivity index (χ3v) is 7.53. The zero-order chi connectivity index (χ0) is 21.5. The van der Waals surface area contributed by atoms with Crippen LogP contribution in [0.15, 0.2) is 72.8 Å². The summed E-state index contributed by atoms with van der Waals surface area (Å²) in [6, 6.07) is 26.9. The summed E-state index contributed by atoms with van der Waals surface area (Å²) in [6.07, 6.45) is 0. The first-order valence-corrected chi connectivity index (χ1v) is 11.1. The average molecular weight is 402 g/mol. The summed E-state index contributed by atoms with van der Waals surface area (Å²) in [5, 5.41) is 2.78. The fourth-order valence-electron chi connectivity index (χ4n) is 6.04. The van der Waals surface area contributed by atoms with Crippen molar-refractivity contribution < 1.29 is 0 Å². The first kappa shape index (κ1) is 18.4. The Morgan fingerprint density at radius 1 is 0.677 bits per heavy atom. The Labute approximate surface area is 184 Å². The highest BCUT2D eigenvalue weighted by Crippen LogP contribution is 2.53. The number of hydrogen-bond donors (Lipinski definition) is 0. The molecule has 0 unspecified atom stereocenters. The Morgan fingerprint density at radius 3 is 2.13 bits per heavy atom. The zero-order valence-corrected chi connectivity index (χ0v) is 18.9. The summed E-state index contributed by atoms with van der Waals surface area (Å²) < 4.78 is 2.40. The Bertz CT molecular complexity index is 1530. The molecule has 1 aromatic heterocycles. The van der Waals surface area contributed by atoms with E-state index in [-0.39, 0.29) is 5.41 Å². The molecular weight excluding hydrogens is 374 g/mol. The highest BCUT2D eigenvalue weighted by atomic mass is 14.9. The molecule has 6 rings (SSSR count). The first-order chi connectivity index (χ1) is 14.9. The van der Waals surface area contributed by atoms with E-state index in [9.17, 15) is 0 Å². The molecule has 0 bridgehead atoms. The average Bonchev–Trinajstić information content (AvgIpc) is 3.19. The van der Waals surface area contributed by atoms with E-state index in [1.54, 1.807) is 0 Å². The standard InChI is InChI=1S/C30H27N/c1-18-10-6-7-11-20(18)21-14-15-24-27-26(31(5)29(24)19(21)2)17-16-23-22-12-8-9-13-25(22)30(3,4)28(23)27/h6-17H,1-5H3. The van der Waals surface area contributed by atoms with Crippen molar-refractivity contribution >= 4 is 21.8 Å². The van der Waals surface area contributed by atoms with Gasteiger partial charge in [0.25, 0.3) is 0 Å². The molecule has 1 heterocycles. The maximum absolute atomic E-state index is 2.40. The fraction of sp³-hybridized carbons (Fsp3) is 0.200. The molecular formula is C30H27N. The summed E-state index contributed by atoms with van der Waals surface area (Å²) in [5.74, 6) is 0. The maximum atomic E-state index is 2.40. The lowest BCUT2D eigenvalue weighted by Gasteiger charge is -2.22. The minimum absolute atomic E-state index is 0.0116. The van der Waals surface area contributed by atoms with Crippen molar-refractivity contribution in [2.24, 2.45) is 7.05 Å². The number of nitrogens with zero attached hydrogens (tertiary/aromatic N) is 1. The van der Waals surface area contributed by atoms with Gasteiger partial charge in [0.1, 0.15) is 0 Å². The van der Waals surface area contributed by atoms with Crippen molar-refractivity contribution in [3.8, 4) is 22.3 Å². The molecule has 1 aliphatic carbocycles. The lowest BCUT2D eigenvalue weighted by Crippen LogP contribution is -2.15. The SMILES string of the molecule is Cc1ccccc1-c1ccc2c3c4c(ccc3n(C)c2c1C)-c1ccccc1C4(C)C. The van der Waals surface area contributed by atoms with Gasteiger partial charge in [-0.3, -0.25) is 0 Å². The van der Waals surface area contributed by atoms with Crippen molar-refractivity contribution in [1.82, 2.24) is 4.57 Å². The summed E-state index contributed by atoms with van der Waals surface area (Å²) >= 11 is 0. The molecule has 1 nitrogen and oxygen atoms in total. The third-order valence-electron chi connectivity index (χ3n) is 7.53. The molecule has 0 atom stereocenters. The van der Waals surface area contributed by atoms with Crippen LogP contribution < -0.4 is 0 Å². The molecule has 0 radical (unpaired) electrons. The Kier molecular flexibility index (Phi) is 3.63. The fourth-order valence-corrected chi connectivity index (χ4v) is 6.04. The van der Waals surface area contributed by atoms with Crippen LogP contribution in [0, 0.1) is 13.8 Å². The Balaban J connectivity index is 1.74. The third kappa shape index (κ3) is 2.27. The number of rotatable bonds is 1. The van der Waals surface area contributed by atoms with Crippen LogP contribution >= 0.6 is 0 Å². The lowest BCUT2D eigenvalue weighted by atomic mass is 9.80. The molecule has 31 heavy (non-hydrogen) atoms. The smallest absolute Gasteiger partial charge is 0.0524 e. The van der Waals surface area contributed by atoms with Crippen LogP contribution in [0.1, 0.15) is 36.1 Å². The van der Waals surface area contributed by atoms with Gasteiger partial charge < -0.3 is 4.57 Å².